The number of amides is 2. The van der Waals surface area contributed by atoms with E-state index in [4.69, 9.17) is 4.74 Å². The maximum Gasteiger partial charge on any atom is 0.318 e. The number of nitrogens with one attached hydrogen (secondary N) is 1. The van der Waals surface area contributed by atoms with Crippen LogP contribution >= 0.6 is 0 Å². The minimum absolute atomic E-state index is 0.0203. The van der Waals surface area contributed by atoms with Crippen molar-refractivity contribution in [2.45, 2.75) is 44.4 Å². The molecule has 102 valence electrons. The van der Waals surface area contributed by atoms with Gasteiger partial charge in [-0.2, -0.15) is 0 Å². The Morgan fingerprint density at radius 3 is 2.94 bits per heavy atom. The molecule has 2 atom stereocenters. The van der Waals surface area contributed by atoms with E-state index in [9.17, 15) is 9.90 Å². The molecule has 0 radical (unpaired) electrons. The zero-order valence-electron chi connectivity index (χ0n) is 10.8. The zero-order chi connectivity index (χ0) is 13.0. The Bertz CT molecular complexity index is 309. The Balaban J connectivity index is 1.88. The summed E-state index contributed by atoms with van der Waals surface area (Å²) in [6, 6.07) is 0.179. The van der Waals surface area contributed by atoms with E-state index in [0.717, 1.165) is 12.8 Å². The van der Waals surface area contributed by atoms with Crippen LogP contribution in [0.2, 0.25) is 0 Å². The van der Waals surface area contributed by atoms with Gasteiger partial charge in [-0.05, 0) is 26.2 Å². The highest BCUT2D eigenvalue weighted by atomic mass is 16.5. The molecule has 2 aliphatic rings. The molecule has 0 spiro atoms. The minimum Gasteiger partial charge on any atom is -0.393 e. The fraction of sp³-hybridized carbons (Fsp3) is 0.769. The van der Waals surface area contributed by atoms with Crippen LogP contribution in [0.4, 0.5) is 4.79 Å². The second kappa shape index (κ2) is 6.20. The summed E-state index contributed by atoms with van der Waals surface area (Å²) in [6.45, 7) is 3.43. The summed E-state index contributed by atoms with van der Waals surface area (Å²) in [7, 11) is 0. The van der Waals surface area contributed by atoms with Crippen molar-refractivity contribution < 1.29 is 14.6 Å². The number of rotatable bonds is 3. The van der Waals surface area contributed by atoms with E-state index in [-0.39, 0.29) is 18.1 Å². The van der Waals surface area contributed by atoms with Crippen molar-refractivity contribution in [2.24, 2.45) is 0 Å². The van der Waals surface area contributed by atoms with Crippen molar-refractivity contribution in [3.8, 4) is 0 Å². The Labute approximate surface area is 108 Å². The molecule has 0 aromatic rings. The number of aliphatic hydroxyl groups is 1. The zero-order valence-corrected chi connectivity index (χ0v) is 10.8. The lowest BCUT2D eigenvalue weighted by Crippen LogP contribution is -2.54. The van der Waals surface area contributed by atoms with Gasteiger partial charge in [0.05, 0.1) is 25.4 Å². The highest BCUT2D eigenvalue weighted by molar-refractivity contribution is 5.75. The first-order valence-electron chi connectivity index (χ1n) is 6.64. The van der Waals surface area contributed by atoms with Gasteiger partial charge in [-0.15, -0.1) is 0 Å². The molecule has 1 fully saturated rings. The quantitative estimate of drug-likeness (QED) is 0.735. The largest absolute Gasteiger partial charge is 0.393 e. The molecule has 2 rings (SSSR count). The fourth-order valence-corrected chi connectivity index (χ4v) is 2.50. The molecule has 0 aromatic heterocycles. The molecule has 1 aliphatic carbocycles. The van der Waals surface area contributed by atoms with Crippen molar-refractivity contribution in [3.63, 3.8) is 0 Å². The van der Waals surface area contributed by atoms with Crippen LogP contribution < -0.4 is 5.32 Å². The maximum absolute atomic E-state index is 12.2. The van der Waals surface area contributed by atoms with Gasteiger partial charge >= 0.3 is 6.03 Å². The third-order valence-corrected chi connectivity index (χ3v) is 3.44. The van der Waals surface area contributed by atoms with Gasteiger partial charge in [-0.3, -0.25) is 0 Å². The van der Waals surface area contributed by atoms with Crippen LogP contribution in [0.5, 0.6) is 0 Å². The Morgan fingerprint density at radius 1 is 1.56 bits per heavy atom. The molecular formula is C13H22N2O3. The molecule has 2 amide bonds. The topological polar surface area (TPSA) is 61.8 Å². The number of hydrogen-bond acceptors (Lipinski definition) is 3. The van der Waals surface area contributed by atoms with Crippen LogP contribution in [-0.2, 0) is 4.74 Å². The second-order valence-electron chi connectivity index (χ2n) is 5.10. The summed E-state index contributed by atoms with van der Waals surface area (Å²) in [4.78, 5) is 14.0. The summed E-state index contributed by atoms with van der Waals surface area (Å²) in [5, 5.41) is 12.5. The molecule has 1 aliphatic heterocycles. The molecule has 5 nitrogen and oxygen atoms in total. The Hall–Kier alpha value is -1.07. The Kier molecular flexibility index (Phi) is 4.60. The minimum atomic E-state index is -0.417. The summed E-state index contributed by atoms with van der Waals surface area (Å²) in [5.74, 6) is 0. The van der Waals surface area contributed by atoms with Crippen LogP contribution in [0.15, 0.2) is 12.2 Å². The predicted molar refractivity (Wildman–Crippen MR) is 68.3 cm³/mol. The molecular weight excluding hydrogens is 232 g/mol. The smallest absolute Gasteiger partial charge is 0.318 e. The highest BCUT2D eigenvalue weighted by Crippen LogP contribution is 2.15. The van der Waals surface area contributed by atoms with Crippen molar-refractivity contribution in [2.75, 3.05) is 19.8 Å². The number of carbonyl (C=O) groups is 1. The lowest BCUT2D eigenvalue weighted by Gasteiger charge is -2.36. The number of nitrogens with zero attached hydrogens (tertiary/aromatic N) is 1. The monoisotopic (exact) mass is 254 g/mol. The van der Waals surface area contributed by atoms with Gasteiger partial charge in [0.2, 0.25) is 0 Å². The normalized spacial score (nSPS) is 26.3. The molecule has 0 bridgehead atoms. The number of urea groups is 1. The molecule has 5 heteroatoms. The highest BCUT2D eigenvalue weighted by Gasteiger charge is 2.29. The molecule has 0 unspecified atom stereocenters. The average molecular weight is 254 g/mol. The number of aliphatic hydroxyl groups excluding tert-OH is 1. The third kappa shape index (κ3) is 3.46. The van der Waals surface area contributed by atoms with Crippen LogP contribution in [0.1, 0.15) is 26.2 Å². The number of morpholine rings is 1. The van der Waals surface area contributed by atoms with Crippen molar-refractivity contribution in [3.05, 3.63) is 12.2 Å². The first kappa shape index (κ1) is 13.4. The summed E-state index contributed by atoms with van der Waals surface area (Å²) >= 11 is 0. The van der Waals surface area contributed by atoms with Gasteiger partial charge in [0.1, 0.15) is 0 Å². The predicted octanol–water partition coefficient (Wildman–Crippen LogP) is 0.886. The number of carbonyl (C=O) groups excluding carboxylic acids is 1. The molecule has 1 heterocycles. The fourth-order valence-electron chi connectivity index (χ4n) is 2.50. The number of hydrogen-bond donors (Lipinski definition) is 2. The second-order valence-corrected chi connectivity index (χ2v) is 5.10. The van der Waals surface area contributed by atoms with E-state index in [1.807, 2.05) is 0 Å². The molecule has 1 saturated heterocycles. The van der Waals surface area contributed by atoms with E-state index >= 15 is 0 Å². The maximum atomic E-state index is 12.2. The van der Waals surface area contributed by atoms with Gasteiger partial charge in [0.15, 0.2) is 0 Å². The van der Waals surface area contributed by atoms with Crippen molar-refractivity contribution >= 4 is 6.03 Å². The lowest BCUT2D eigenvalue weighted by molar-refractivity contribution is -0.00475. The van der Waals surface area contributed by atoms with E-state index in [2.05, 4.69) is 17.5 Å². The Morgan fingerprint density at radius 2 is 2.28 bits per heavy atom. The molecule has 0 saturated carbocycles. The summed E-state index contributed by atoms with van der Waals surface area (Å²) < 4.78 is 5.39. The molecule has 18 heavy (non-hydrogen) atoms. The van der Waals surface area contributed by atoms with E-state index < -0.39 is 6.10 Å². The van der Waals surface area contributed by atoms with Gasteiger partial charge < -0.3 is 20.1 Å². The average Bonchev–Trinajstić information content (AvgIpc) is 2.81. The first-order valence-corrected chi connectivity index (χ1v) is 6.64. The van der Waals surface area contributed by atoms with Crippen LogP contribution in [0.25, 0.3) is 0 Å². The van der Waals surface area contributed by atoms with Crippen molar-refractivity contribution in [1.82, 2.24) is 10.2 Å². The van der Waals surface area contributed by atoms with Gasteiger partial charge in [-0.25, -0.2) is 4.79 Å². The van der Waals surface area contributed by atoms with Crippen LogP contribution in [0.3, 0.4) is 0 Å². The van der Waals surface area contributed by atoms with Gasteiger partial charge in [-0.1, -0.05) is 12.2 Å². The third-order valence-electron chi connectivity index (χ3n) is 3.44. The first-order chi connectivity index (χ1) is 8.66. The SMILES string of the molecule is C[C@H](O)C[C@H]1COCCN1C(=O)NC1CC=CC1. The van der Waals surface area contributed by atoms with Crippen LogP contribution in [-0.4, -0.2) is 54.0 Å². The molecule has 0 aromatic carbocycles. The number of ether oxygens (including phenoxy) is 1. The van der Waals surface area contributed by atoms with Crippen molar-refractivity contribution in [1.29, 1.82) is 0 Å². The van der Waals surface area contributed by atoms with E-state index in [0.29, 0.717) is 26.2 Å². The standard InChI is InChI=1S/C13H22N2O3/c1-10(16)8-12-9-18-7-6-15(12)13(17)14-11-4-2-3-5-11/h2-3,10-12,16H,4-9H2,1H3,(H,14,17)/t10-,12-/m0/s1. The van der Waals surface area contributed by atoms with Gasteiger partial charge in [0, 0.05) is 12.6 Å². The summed E-state index contributed by atoms with van der Waals surface area (Å²) in [5.41, 5.74) is 0. The van der Waals surface area contributed by atoms with Gasteiger partial charge in [0.25, 0.3) is 0 Å². The van der Waals surface area contributed by atoms with E-state index in [1.165, 1.54) is 0 Å². The lowest BCUT2D eigenvalue weighted by atomic mass is 10.1. The molecule has 2 N–H and O–H groups in total. The van der Waals surface area contributed by atoms with Crippen LogP contribution in [0, 0.1) is 0 Å². The summed E-state index contributed by atoms with van der Waals surface area (Å²) in [6.07, 6.45) is 6.17. The van der Waals surface area contributed by atoms with E-state index in [1.54, 1.807) is 11.8 Å².